The van der Waals surface area contributed by atoms with Gasteiger partial charge in [0.2, 0.25) is 0 Å². The van der Waals surface area contributed by atoms with Crippen LogP contribution in [0.15, 0.2) is 18.5 Å². The van der Waals surface area contributed by atoms with Crippen molar-refractivity contribution in [3.05, 3.63) is 24.0 Å². The van der Waals surface area contributed by atoms with E-state index in [2.05, 4.69) is 18.8 Å². The van der Waals surface area contributed by atoms with Gasteiger partial charge in [-0.05, 0) is 32.3 Å². The van der Waals surface area contributed by atoms with Gasteiger partial charge in [-0.1, -0.05) is 26.7 Å². The van der Waals surface area contributed by atoms with Crippen LogP contribution in [0.1, 0.15) is 52.5 Å². The molecule has 0 aliphatic heterocycles. The highest BCUT2D eigenvalue weighted by Gasteiger charge is 2.30. The second kappa shape index (κ2) is 10.2. The summed E-state index contributed by atoms with van der Waals surface area (Å²) >= 11 is 0. The van der Waals surface area contributed by atoms with Crippen molar-refractivity contribution in [2.24, 2.45) is 11.7 Å². The minimum atomic E-state index is -0.489. The van der Waals surface area contributed by atoms with Gasteiger partial charge >= 0.3 is 6.09 Å². The molecule has 1 heterocycles. The number of nitrogens with zero attached hydrogens (tertiary/aromatic N) is 2. The Hall–Kier alpha value is -1.82. The van der Waals surface area contributed by atoms with Crippen LogP contribution in [0.5, 0.6) is 5.75 Å². The molecule has 1 amide bonds. The number of carbonyl (C=O) groups is 1. The third kappa shape index (κ3) is 6.90. The fourth-order valence-electron chi connectivity index (χ4n) is 2.35. The molecule has 6 heteroatoms. The molecule has 0 aromatic carbocycles. The molecule has 25 heavy (non-hydrogen) atoms. The summed E-state index contributed by atoms with van der Waals surface area (Å²) in [6, 6.07) is 1.83. The predicted octanol–water partition coefficient (Wildman–Crippen LogP) is 3.59. The van der Waals surface area contributed by atoms with Crippen molar-refractivity contribution in [2.75, 3.05) is 20.2 Å². The van der Waals surface area contributed by atoms with Crippen LogP contribution < -0.4 is 10.5 Å². The van der Waals surface area contributed by atoms with Crippen molar-refractivity contribution < 1.29 is 14.3 Å². The first-order valence-electron chi connectivity index (χ1n) is 9.01. The van der Waals surface area contributed by atoms with Crippen molar-refractivity contribution in [2.45, 2.75) is 59.1 Å². The smallest absolute Gasteiger partial charge is 0.410 e. The van der Waals surface area contributed by atoms with E-state index in [1.807, 2.05) is 19.9 Å². The van der Waals surface area contributed by atoms with E-state index in [-0.39, 0.29) is 6.09 Å². The Morgan fingerprint density at radius 2 is 2.16 bits per heavy atom. The van der Waals surface area contributed by atoms with E-state index < -0.39 is 5.60 Å². The number of carbonyl (C=O) groups excluding carboxylic acids is 1. The SMILES string of the molecule is CCCCC(C)C(C)(C)OC(=O)N(C)CCOc1cnccc1CN. The lowest BCUT2D eigenvalue weighted by Crippen LogP contribution is -2.41. The number of rotatable bonds is 10. The van der Waals surface area contributed by atoms with E-state index in [9.17, 15) is 4.79 Å². The van der Waals surface area contributed by atoms with Crippen LogP contribution in [0.4, 0.5) is 4.79 Å². The van der Waals surface area contributed by atoms with Crippen LogP contribution in [0.2, 0.25) is 0 Å². The number of hydrogen-bond acceptors (Lipinski definition) is 5. The maximum absolute atomic E-state index is 12.3. The van der Waals surface area contributed by atoms with Gasteiger partial charge in [0.1, 0.15) is 18.0 Å². The summed E-state index contributed by atoms with van der Waals surface area (Å²) in [7, 11) is 1.71. The second-order valence-electron chi connectivity index (χ2n) is 6.97. The Balaban J connectivity index is 2.46. The molecule has 1 atom stereocenters. The van der Waals surface area contributed by atoms with Gasteiger partial charge in [-0.2, -0.15) is 0 Å². The number of hydrogen-bond donors (Lipinski definition) is 1. The number of aromatic nitrogens is 1. The zero-order chi connectivity index (χ0) is 18.9. The molecule has 0 saturated heterocycles. The largest absolute Gasteiger partial charge is 0.490 e. The lowest BCUT2D eigenvalue weighted by molar-refractivity contribution is -0.0202. The quantitative estimate of drug-likeness (QED) is 0.697. The second-order valence-corrected chi connectivity index (χ2v) is 6.97. The van der Waals surface area contributed by atoms with Gasteiger partial charge in [-0.25, -0.2) is 4.79 Å². The third-order valence-corrected chi connectivity index (χ3v) is 4.61. The number of ether oxygens (including phenoxy) is 2. The Bertz CT molecular complexity index is 534. The van der Waals surface area contributed by atoms with Crippen molar-refractivity contribution >= 4 is 6.09 Å². The van der Waals surface area contributed by atoms with E-state index in [4.69, 9.17) is 15.2 Å². The summed E-state index contributed by atoms with van der Waals surface area (Å²) in [6.45, 7) is 9.41. The minimum absolute atomic E-state index is 0.309. The van der Waals surface area contributed by atoms with Crippen LogP contribution in [0.3, 0.4) is 0 Å². The van der Waals surface area contributed by atoms with Crippen LogP contribution in [-0.2, 0) is 11.3 Å². The molecule has 1 aromatic heterocycles. The van der Waals surface area contributed by atoms with Gasteiger partial charge in [-0.15, -0.1) is 0 Å². The molecule has 1 rings (SSSR count). The molecule has 0 saturated carbocycles. The average Bonchev–Trinajstić information content (AvgIpc) is 2.59. The van der Waals surface area contributed by atoms with Crippen LogP contribution in [-0.4, -0.2) is 41.8 Å². The molecule has 0 fully saturated rings. The number of nitrogens with two attached hydrogens (primary N) is 1. The molecule has 1 aromatic rings. The topological polar surface area (TPSA) is 77.7 Å². The summed E-state index contributed by atoms with van der Waals surface area (Å²) in [5.74, 6) is 0.962. The average molecular weight is 351 g/mol. The summed E-state index contributed by atoms with van der Waals surface area (Å²) in [4.78, 5) is 17.9. The molecular weight excluding hydrogens is 318 g/mol. The lowest BCUT2D eigenvalue weighted by Gasteiger charge is -2.33. The van der Waals surface area contributed by atoms with Crippen LogP contribution in [0, 0.1) is 5.92 Å². The van der Waals surface area contributed by atoms with Gasteiger partial charge in [0, 0.05) is 25.4 Å². The van der Waals surface area contributed by atoms with Gasteiger partial charge in [-0.3, -0.25) is 4.98 Å². The lowest BCUT2D eigenvalue weighted by atomic mass is 9.88. The van der Waals surface area contributed by atoms with Crippen molar-refractivity contribution in [3.63, 3.8) is 0 Å². The summed E-state index contributed by atoms with van der Waals surface area (Å²) in [5.41, 5.74) is 6.08. The van der Waals surface area contributed by atoms with E-state index in [0.29, 0.717) is 31.4 Å². The maximum Gasteiger partial charge on any atom is 0.410 e. The molecule has 0 radical (unpaired) electrons. The number of likely N-dealkylation sites (N-methyl/N-ethyl adjacent to an activating group) is 1. The molecule has 0 bridgehead atoms. The highest BCUT2D eigenvalue weighted by atomic mass is 16.6. The first kappa shape index (κ1) is 21.2. The number of pyridine rings is 1. The summed E-state index contributed by atoms with van der Waals surface area (Å²) in [5, 5.41) is 0. The van der Waals surface area contributed by atoms with E-state index in [0.717, 1.165) is 24.8 Å². The Morgan fingerprint density at radius 3 is 2.80 bits per heavy atom. The fourth-order valence-corrected chi connectivity index (χ4v) is 2.35. The van der Waals surface area contributed by atoms with Crippen molar-refractivity contribution in [1.82, 2.24) is 9.88 Å². The van der Waals surface area contributed by atoms with E-state index in [1.165, 1.54) is 4.90 Å². The Morgan fingerprint density at radius 1 is 1.44 bits per heavy atom. The number of unbranched alkanes of at least 4 members (excludes halogenated alkanes) is 1. The van der Waals surface area contributed by atoms with Gasteiger partial charge < -0.3 is 20.1 Å². The standard InChI is InChI=1S/C19H33N3O3/c1-6-7-8-15(2)19(3,4)25-18(23)22(5)11-12-24-17-14-21-10-9-16(17)13-20/h9-10,14-15H,6-8,11-13,20H2,1-5H3. The maximum atomic E-state index is 12.3. The number of amides is 1. The van der Waals surface area contributed by atoms with Crippen LogP contribution in [0.25, 0.3) is 0 Å². The molecule has 1 unspecified atom stereocenters. The normalized spacial score (nSPS) is 12.6. The molecular formula is C19H33N3O3. The third-order valence-electron chi connectivity index (χ3n) is 4.61. The molecule has 0 aliphatic carbocycles. The van der Waals surface area contributed by atoms with Crippen molar-refractivity contribution in [3.8, 4) is 5.75 Å². The molecule has 142 valence electrons. The van der Waals surface area contributed by atoms with Gasteiger partial charge in [0.15, 0.2) is 0 Å². The summed E-state index contributed by atoms with van der Waals surface area (Å²) < 4.78 is 11.4. The first-order chi connectivity index (χ1) is 11.8. The Kier molecular flexibility index (Phi) is 8.69. The van der Waals surface area contributed by atoms with Gasteiger partial charge in [0.25, 0.3) is 0 Å². The zero-order valence-electron chi connectivity index (χ0n) is 16.2. The molecule has 0 spiro atoms. The van der Waals surface area contributed by atoms with Crippen molar-refractivity contribution in [1.29, 1.82) is 0 Å². The monoisotopic (exact) mass is 351 g/mol. The molecule has 2 N–H and O–H groups in total. The minimum Gasteiger partial charge on any atom is -0.490 e. The van der Waals surface area contributed by atoms with E-state index >= 15 is 0 Å². The summed E-state index contributed by atoms with van der Waals surface area (Å²) in [6.07, 6.45) is 6.32. The Labute approximate surface area is 151 Å². The highest BCUT2D eigenvalue weighted by molar-refractivity contribution is 5.67. The predicted molar refractivity (Wildman–Crippen MR) is 99.5 cm³/mol. The highest BCUT2D eigenvalue weighted by Crippen LogP contribution is 2.26. The molecule has 0 aliphatic rings. The van der Waals surface area contributed by atoms with E-state index in [1.54, 1.807) is 19.4 Å². The van der Waals surface area contributed by atoms with Gasteiger partial charge in [0.05, 0.1) is 12.7 Å². The molecule has 6 nitrogen and oxygen atoms in total. The zero-order valence-corrected chi connectivity index (χ0v) is 16.2. The fraction of sp³-hybridized carbons (Fsp3) is 0.684. The van der Waals surface area contributed by atoms with Crippen LogP contribution >= 0.6 is 0 Å². The first-order valence-corrected chi connectivity index (χ1v) is 9.01.